The van der Waals surface area contributed by atoms with E-state index in [4.69, 9.17) is 15.2 Å². The van der Waals surface area contributed by atoms with E-state index in [9.17, 15) is 9.18 Å². The Balaban J connectivity index is 2.58. The van der Waals surface area contributed by atoms with Gasteiger partial charge in [0.05, 0.1) is 19.8 Å². The van der Waals surface area contributed by atoms with Crippen molar-refractivity contribution in [1.82, 2.24) is 5.32 Å². The lowest BCUT2D eigenvalue weighted by molar-refractivity contribution is 0.0604. The van der Waals surface area contributed by atoms with Crippen LogP contribution in [0.5, 0.6) is 0 Å². The zero-order valence-electron chi connectivity index (χ0n) is 11.7. The number of amides is 1. The fourth-order valence-corrected chi connectivity index (χ4v) is 1.56. The molecule has 3 N–H and O–H groups in total. The van der Waals surface area contributed by atoms with Gasteiger partial charge in [0.25, 0.3) is 5.91 Å². The molecule has 1 rings (SSSR count). The van der Waals surface area contributed by atoms with Gasteiger partial charge in [-0.1, -0.05) is 0 Å². The molecule has 1 amide bonds. The Bertz CT molecular complexity index is 427. The fraction of sp³-hybridized carbons (Fsp3) is 0.500. The van der Waals surface area contributed by atoms with Crippen molar-refractivity contribution in [2.75, 3.05) is 33.4 Å². The first-order valence-corrected chi connectivity index (χ1v) is 6.52. The van der Waals surface area contributed by atoms with Crippen LogP contribution in [0.25, 0.3) is 0 Å². The van der Waals surface area contributed by atoms with Crippen molar-refractivity contribution in [3.8, 4) is 0 Å². The average Bonchev–Trinajstić information content (AvgIpc) is 2.45. The van der Waals surface area contributed by atoms with Gasteiger partial charge >= 0.3 is 0 Å². The Hall–Kier alpha value is -1.50. The van der Waals surface area contributed by atoms with E-state index in [0.717, 1.165) is 0 Å². The lowest BCUT2D eigenvalue weighted by atomic mass is 10.1. The molecular weight excluding hydrogens is 263 g/mol. The Kier molecular flexibility index (Phi) is 7.79. The maximum absolute atomic E-state index is 13.6. The first-order valence-electron chi connectivity index (χ1n) is 6.52. The van der Waals surface area contributed by atoms with Crippen LogP contribution < -0.4 is 11.1 Å². The molecule has 5 nitrogen and oxygen atoms in total. The van der Waals surface area contributed by atoms with E-state index in [1.54, 1.807) is 7.11 Å². The number of hydrogen-bond acceptors (Lipinski definition) is 4. The number of ether oxygens (including phenoxy) is 2. The van der Waals surface area contributed by atoms with E-state index < -0.39 is 0 Å². The second kappa shape index (κ2) is 9.41. The molecule has 0 aliphatic heterocycles. The van der Waals surface area contributed by atoms with E-state index in [1.165, 1.54) is 18.2 Å². The number of hydrogen-bond donors (Lipinski definition) is 2. The highest BCUT2D eigenvalue weighted by molar-refractivity contribution is 5.94. The Labute approximate surface area is 118 Å². The Morgan fingerprint density at radius 1 is 1.40 bits per heavy atom. The van der Waals surface area contributed by atoms with Crippen LogP contribution in [0.4, 0.5) is 4.39 Å². The summed E-state index contributed by atoms with van der Waals surface area (Å²) in [7, 11) is 1.57. The third-order valence-corrected chi connectivity index (χ3v) is 2.66. The van der Waals surface area contributed by atoms with Gasteiger partial charge in [0.1, 0.15) is 5.82 Å². The highest BCUT2D eigenvalue weighted by Gasteiger charge is 2.09. The standard InChI is InChI=1S/C14H21FN2O3/c1-19-7-8-20-10-12-9-11(3-4-13(12)15)14(18)17-6-2-5-16/h3-4,9H,2,5-8,10,16H2,1H3,(H,17,18). The molecule has 1 aromatic carbocycles. The summed E-state index contributed by atoms with van der Waals surface area (Å²) in [5, 5.41) is 2.72. The van der Waals surface area contributed by atoms with Crippen molar-refractivity contribution >= 4 is 5.91 Å². The molecule has 20 heavy (non-hydrogen) atoms. The maximum Gasteiger partial charge on any atom is 0.251 e. The third kappa shape index (κ3) is 5.64. The quantitative estimate of drug-likeness (QED) is 0.665. The van der Waals surface area contributed by atoms with Gasteiger partial charge in [0.15, 0.2) is 0 Å². The Morgan fingerprint density at radius 2 is 2.20 bits per heavy atom. The van der Waals surface area contributed by atoms with Crippen LogP contribution >= 0.6 is 0 Å². The third-order valence-electron chi connectivity index (χ3n) is 2.66. The van der Waals surface area contributed by atoms with E-state index in [0.29, 0.717) is 43.9 Å². The van der Waals surface area contributed by atoms with Crippen molar-refractivity contribution in [3.05, 3.63) is 35.1 Å². The summed E-state index contributed by atoms with van der Waals surface area (Å²) < 4.78 is 23.7. The first kappa shape index (κ1) is 16.6. The number of carbonyl (C=O) groups excluding carboxylic acids is 1. The van der Waals surface area contributed by atoms with Gasteiger partial charge in [-0.3, -0.25) is 4.79 Å². The minimum Gasteiger partial charge on any atom is -0.382 e. The summed E-state index contributed by atoms with van der Waals surface area (Å²) >= 11 is 0. The smallest absolute Gasteiger partial charge is 0.251 e. The second-order valence-corrected chi connectivity index (χ2v) is 4.25. The largest absolute Gasteiger partial charge is 0.382 e. The highest BCUT2D eigenvalue weighted by atomic mass is 19.1. The molecule has 112 valence electrons. The number of carbonyl (C=O) groups is 1. The fourth-order valence-electron chi connectivity index (χ4n) is 1.56. The number of rotatable bonds is 9. The lowest BCUT2D eigenvalue weighted by Crippen LogP contribution is -2.26. The predicted molar refractivity (Wildman–Crippen MR) is 73.9 cm³/mol. The lowest BCUT2D eigenvalue weighted by Gasteiger charge is -2.08. The van der Waals surface area contributed by atoms with Crippen LogP contribution in [0.1, 0.15) is 22.3 Å². The van der Waals surface area contributed by atoms with Crippen molar-refractivity contribution < 1.29 is 18.7 Å². The molecule has 0 atom stereocenters. The average molecular weight is 284 g/mol. The first-order chi connectivity index (χ1) is 9.69. The van der Waals surface area contributed by atoms with E-state index in [2.05, 4.69) is 5.32 Å². The molecule has 0 unspecified atom stereocenters. The number of nitrogens with one attached hydrogen (secondary N) is 1. The monoisotopic (exact) mass is 284 g/mol. The molecule has 0 aromatic heterocycles. The van der Waals surface area contributed by atoms with Crippen LogP contribution in [-0.4, -0.2) is 39.3 Å². The van der Waals surface area contributed by atoms with Crippen LogP contribution in [0, 0.1) is 5.82 Å². The highest BCUT2D eigenvalue weighted by Crippen LogP contribution is 2.12. The summed E-state index contributed by atoms with van der Waals surface area (Å²) in [6, 6.07) is 4.22. The van der Waals surface area contributed by atoms with Crippen molar-refractivity contribution in [2.24, 2.45) is 5.73 Å². The zero-order chi connectivity index (χ0) is 14.8. The molecule has 6 heteroatoms. The molecule has 0 bridgehead atoms. The summed E-state index contributed by atoms with van der Waals surface area (Å²) in [5.41, 5.74) is 6.11. The normalized spacial score (nSPS) is 10.6. The van der Waals surface area contributed by atoms with Gasteiger partial charge in [-0.25, -0.2) is 4.39 Å². The maximum atomic E-state index is 13.6. The van der Waals surface area contributed by atoms with E-state index >= 15 is 0 Å². The summed E-state index contributed by atoms with van der Waals surface area (Å²) in [6.45, 7) is 1.96. The molecule has 0 heterocycles. The van der Waals surface area contributed by atoms with Crippen LogP contribution in [0.15, 0.2) is 18.2 Å². The number of halogens is 1. The zero-order valence-corrected chi connectivity index (χ0v) is 11.7. The molecule has 0 saturated heterocycles. The number of methoxy groups -OCH3 is 1. The minimum absolute atomic E-state index is 0.110. The predicted octanol–water partition coefficient (Wildman–Crippen LogP) is 1.07. The summed E-state index contributed by atoms with van der Waals surface area (Å²) in [5.74, 6) is -0.627. The van der Waals surface area contributed by atoms with Crippen molar-refractivity contribution in [3.63, 3.8) is 0 Å². The second-order valence-electron chi connectivity index (χ2n) is 4.25. The van der Waals surface area contributed by atoms with Gasteiger partial charge in [-0.15, -0.1) is 0 Å². The van der Waals surface area contributed by atoms with E-state index in [-0.39, 0.29) is 18.3 Å². The summed E-state index contributed by atoms with van der Waals surface area (Å²) in [4.78, 5) is 11.8. The molecule has 0 radical (unpaired) electrons. The number of nitrogens with two attached hydrogens (primary N) is 1. The molecule has 0 spiro atoms. The molecule has 0 saturated carbocycles. The molecule has 0 aliphatic carbocycles. The van der Waals surface area contributed by atoms with Gasteiger partial charge in [-0.05, 0) is 31.2 Å². The number of benzene rings is 1. The van der Waals surface area contributed by atoms with Crippen LogP contribution in [-0.2, 0) is 16.1 Å². The topological polar surface area (TPSA) is 73.6 Å². The molecule has 1 aromatic rings. The van der Waals surface area contributed by atoms with Gasteiger partial charge < -0.3 is 20.5 Å². The van der Waals surface area contributed by atoms with Gasteiger partial charge in [0, 0.05) is 24.8 Å². The Morgan fingerprint density at radius 3 is 2.90 bits per heavy atom. The van der Waals surface area contributed by atoms with Gasteiger partial charge in [-0.2, -0.15) is 0 Å². The van der Waals surface area contributed by atoms with Crippen LogP contribution in [0.3, 0.4) is 0 Å². The molecular formula is C14H21FN2O3. The minimum atomic E-state index is -0.388. The SMILES string of the molecule is COCCOCc1cc(C(=O)NCCCN)ccc1F. The van der Waals surface area contributed by atoms with E-state index in [1.807, 2.05) is 0 Å². The molecule has 0 fully saturated rings. The summed E-state index contributed by atoms with van der Waals surface area (Å²) in [6.07, 6.45) is 0.708. The molecule has 0 aliphatic rings. The van der Waals surface area contributed by atoms with Crippen molar-refractivity contribution in [1.29, 1.82) is 0 Å². The van der Waals surface area contributed by atoms with Gasteiger partial charge in [0.2, 0.25) is 0 Å². The van der Waals surface area contributed by atoms with Crippen molar-refractivity contribution in [2.45, 2.75) is 13.0 Å². The van der Waals surface area contributed by atoms with Crippen LogP contribution in [0.2, 0.25) is 0 Å².